The van der Waals surface area contributed by atoms with E-state index in [-0.39, 0.29) is 31.2 Å². The zero-order valence-electron chi connectivity index (χ0n) is 31.4. The number of methoxy groups -OCH3 is 1. The van der Waals surface area contributed by atoms with Crippen LogP contribution in [-0.2, 0) is 19.0 Å². The Morgan fingerprint density at radius 1 is 0.927 bits per heavy atom. The number of nitrogens with one attached hydrogen (secondary N) is 3. The molecule has 4 atom stereocenters. The zero-order valence-corrected chi connectivity index (χ0v) is 31.4. The van der Waals surface area contributed by atoms with E-state index in [1.54, 1.807) is 16.0 Å². The summed E-state index contributed by atoms with van der Waals surface area (Å²) in [6.07, 6.45) is -1.07. The number of hydrogen-bond donors (Lipinski definition) is 3. The van der Waals surface area contributed by atoms with E-state index >= 15 is 0 Å². The molecule has 0 bridgehead atoms. The summed E-state index contributed by atoms with van der Waals surface area (Å²) in [6, 6.07) is 14.8. The van der Waals surface area contributed by atoms with Crippen molar-refractivity contribution in [3.8, 4) is 22.4 Å². The normalized spacial score (nSPS) is 20.6. The minimum atomic E-state index is -4.50. The van der Waals surface area contributed by atoms with Crippen molar-refractivity contribution in [2.75, 3.05) is 40.0 Å². The SMILES string of the molecule is COC(=O)N[C@@H](CCOCC(F)(F)F)C(=O)N1CCC[C@H]1c1ncc(-c2ccc(-c3ccc(C4CN=C([C@@H]5CCCN5C(=O)OC(C)(C)C)N4)cc3)cc2)[nH]1. The van der Waals surface area contributed by atoms with Gasteiger partial charge in [-0.2, -0.15) is 13.2 Å². The number of nitrogens with zero attached hydrogens (tertiary/aromatic N) is 4. The van der Waals surface area contributed by atoms with Crippen molar-refractivity contribution in [3.05, 3.63) is 66.1 Å². The summed E-state index contributed by atoms with van der Waals surface area (Å²) >= 11 is 0. The molecule has 3 aliphatic heterocycles. The minimum Gasteiger partial charge on any atom is -0.453 e. The second kappa shape index (κ2) is 16.7. The predicted octanol–water partition coefficient (Wildman–Crippen LogP) is 6.54. The molecule has 16 heteroatoms. The zero-order chi connectivity index (χ0) is 39.3. The quantitative estimate of drug-likeness (QED) is 0.186. The second-order valence-electron chi connectivity index (χ2n) is 15.0. The first kappa shape index (κ1) is 39.6. The van der Waals surface area contributed by atoms with E-state index in [1.165, 1.54) is 0 Å². The summed E-state index contributed by atoms with van der Waals surface area (Å²) in [5, 5.41) is 5.99. The number of hydrogen-bond acceptors (Lipinski definition) is 9. The van der Waals surface area contributed by atoms with E-state index < -0.39 is 42.5 Å². The second-order valence-corrected chi connectivity index (χ2v) is 15.0. The van der Waals surface area contributed by atoms with Crippen LogP contribution < -0.4 is 10.6 Å². The topological polar surface area (TPSA) is 150 Å². The van der Waals surface area contributed by atoms with Crippen LogP contribution in [0.1, 0.15) is 76.3 Å². The first-order chi connectivity index (χ1) is 26.2. The maximum atomic E-state index is 13.6. The van der Waals surface area contributed by atoms with Crippen molar-refractivity contribution in [1.82, 2.24) is 30.4 Å². The average Bonchev–Trinajstić information content (AvgIpc) is 3.98. The maximum absolute atomic E-state index is 13.6. The molecule has 0 aliphatic carbocycles. The van der Waals surface area contributed by atoms with Crippen LogP contribution in [0.5, 0.6) is 0 Å². The Hall–Kier alpha value is -5.12. The number of ether oxygens (including phenoxy) is 3. The van der Waals surface area contributed by atoms with Gasteiger partial charge in [-0.3, -0.25) is 14.7 Å². The molecule has 55 heavy (non-hydrogen) atoms. The van der Waals surface area contributed by atoms with Gasteiger partial charge in [0.15, 0.2) is 0 Å². The number of benzene rings is 2. The number of amides is 3. The molecule has 2 aromatic carbocycles. The first-order valence-corrected chi connectivity index (χ1v) is 18.5. The lowest BCUT2D eigenvalue weighted by atomic mass is 9.99. The van der Waals surface area contributed by atoms with Crippen LogP contribution in [0.2, 0.25) is 0 Å². The molecule has 0 saturated carbocycles. The Morgan fingerprint density at radius 2 is 1.56 bits per heavy atom. The number of carbonyl (C=O) groups is 3. The van der Waals surface area contributed by atoms with Crippen molar-refractivity contribution in [2.45, 2.75) is 88.8 Å². The van der Waals surface area contributed by atoms with E-state index in [1.807, 2.05) is 45.0 Å². The number of carbonyl (C=O) groups excluding carboxylic acids is 3. The molecule has 0 radical (unpaired) electrons. The van der Waals surface area contributed by atoms with Crippen molar-refractivity contribution in [3.63, 3.8) is 0 Å². The summed E-state index contributed by atoms with van der Waals surface area (Å²) in [5.41, 5.74) is 4.28. The lowest BCUT2D eigenvalue weighted by molar-refractivity contribution is -0.174. The number of alkyl halides is 3. The molecule has 3 N–H and O–H groups in total. The Labute approximate surface area is 318 Å². The molecule has 2 saturated heterocycles. The van der Waals surface area contributed by atoms with Crippen molar-refractivity contribution in [1.29, 1.82) is 0 Å². The maximum Gasteiger partial charge on any atom is 0.411 e. The molecule has 3 amide bonds. The van der Waals surface area contributed by atoms with Crippen molar-refractivity contribution < 1.29 is 41.8 Å². The molecule has 0 spiro atoms. The molecular weight excluding hydrogens is 719 g/mol. The highest BCUT2D eigenvalue weighted by atomic mass is 19.4. The minimum absolute atomic E-state index is 0.0143. The van der Waals surface area contributed by atoms with Crippen LogP contribution in [0, 0.1) is 0 Å². The molecule has 1 unspecified atom stereocenters. The van der Waals surface area contributed by atoms with Crippen molar-refractivity contribution in [2.24, 2.45) is 4.99 Å². The summed E-state index contributed by atoms with van der Waals surface area (Å²) in [7, 11) is 1.14. The number of aliphatic imine (C=N–C) groups is 1. The number of imidazole rings is 1. The van der Waals surface area contributed by atoms with Crippen LogP contribution in [0.4, 0.5) is 22.8 Å². The molecule has 4 heterocycles. The highest BCUT2D eigenvalue weighted by Crippen LogP contribution is 2.33. The van der Waals surface area contributed by atoms with Gasteiger partial charge in [-0.25, -0.2) is 14.6 Å². The van der Waals surface area contributed by atoms with Gasteiger partial charge in [0.05, 0.1) is 43.7 Å². The van der Waals surface area contributed by atoms with Gasteiger partial charge in [0.25, 0.3) is 0 Å². The standard InChI is InChI=1S/C39H48F3N7O6/c1-38(2,3)55-37(52)49-19-6-8-32(49)34-44-22-30(46-34)27-15-11-25(12-16-27)24-9-13-26(14-10-24)29-21-43-33(45-29)31-7-5-18-48(31)35(50)28(47-36(51)53-4)17-20-54-23-39(40,41)42/h9-16,21,28,30-32H,5-8,17-20,22-23H2,1-4H3,(H,43,45)(H,44,46)(H,47,51)/t28-,30?,31-,32-/m0/s1. The third-order valence-electron chi connectivity index (χ3n) is 9.84. The number of rotatable bonds is 11. The van der Waals surface area contributed by atoms with Gasteiger partial charge in [-0.1, -0.05) is 48.5 Å². The van der Waals surface area contributed by atoms with Gasteiger partial charge < -0.3 is 34.7 Å². The largest absolute Gasteiger partial charge is 0.453 e. The van der Waals surface area contributed by atoms with E-state index in [9.17, 15) is 27.6 Å². The Morgan fingerprint density at radius 3 is 2.22 bits per heavy atom. The summed E-state index contributed by atoms with van der Waals surface area (Å²) in [6.45, 7) is 5.41. The van der Waals surface area contributed by atoms with E-state index in [0.717, 1.165) is 53.7 Å². The first-order valence-electron chi connectivity index (χ1n) is 18.5. The smallest absolute Gasteiger partial charge is 0.411 e. The average molecular weight is 768 g/mol. The number of alkyl carbamates (subject to hydrolysis) is 1. The summed E-state index contributed by atoms with van der Waals surface area (Å²) in [4.78, 5) is 54.4. The number of H-pyrrole nitrogens is 1. The van der Waals surface area contributed by atoms with E-state index in [4.69, 9.17) is 14.5 Å². The van der Waals surface area contributed by atoms with E-state index in [0.29, 0.717) is 38.3 Å². The molecule has 3 aromatic rings. The van der Waals surface area contributed by atoms with Crippen LogP contribution in [0.15, 0.2) is 59.7 Å². The lowest BCUT2D eigenvalue weighted by Gasteiger charge is -2.29. The Kier molecular flexibility index (Phi) is 12.0. The predicted molar refractivity (Wildman–Crippen MR) is 198 cm³/mol. The Balaban J connectivity index is 1.06. The molecule has 13 nitrogen and oxygen atoms in total. The number of aromatic nitrogens is 2. The van der Waals surface area contributed by atoms with Gasteiger partial charge in [0.2, 0.25) is 5.91 Å². The highest BCUT2D eigenvalue weighted by molar-refractivity contribution is 5.92. The number of halogens is 3. The van der Waals surface area contributed by atoms with Gasteiger partial charge in [0.1, 0.15) is 29.9 Å². The van der Waals surface area contributed by atoms with Gasteiger partial charge in [-0.15, -0.1) is 0 Å². The third-order valence-corrected chi connectivity index (χ3v) is 9.84. The summed E-state index contributed by atoms with van der Waals surface area (Å²) < 4.78 is 52.6. The number of amidine groups is 1. The molecule has 3 aliphatic rings. The molecular formula is C39H48F3N7O6. The third kappa shape index (κ3) is 9.96. The lowest BCUT2D eigenvalue weighted by Crippen LogP contribution is -2.49. The number of likely N-dealkylation sites (tertiary alicyclic amines) is 2. The fraction of sp³-hybridized carbons (Fsp3) is 0.513. The van der Waals surface area contributed by atoms with Crippen LogP contribution in [0.3, 0.4) is 0 Å². The van der Waals surface area contributed by atoms with Crippen LogP contribution in [0.25, 0.3) is 22.4 Å². The number of aromatic amines is 1. The molecule has 6 rings (SSSR count). The van der Waals surface area contributed by atoms with Gasteiger partial charge in [-0.05, 0) is 68.7 Å². The van der Waals surface area contributed by atoms with Crippen LogP contribution >= 0.6 is 0 Å². The highest BCUT2D eigenvalue weighted by Gasteiger charge is 2.39. The van der Waals surface area contributed by atoms with Crippen LogP contribution in [-0.4, -0.2) is 108 Å². The fourth-order valence-electron chi connectivity index (χ4n) is 7.21. The fourth-order valence-corrected chi connectivity index (χ4v) is 7.21. The van der Waals surface area contributed by atoms with Gasteiger partial charge >= 0.3 is 18.4 Å². The molecule has 2 fully saturated rings. The van der Waals surface area contributed by atoms with Crippen molar-refractivity contribution >= 4 is 23.9 Å². The van der Waals surface area contributed by atoms with Gasteiger partial charge in [0, 0.05) is 26.1 Å². The van der Waals surface area contributed by atoms with E-state index in [2.05, 4.69) is 49.6 Å². The Bertz CT molecular complexity index is 1840. The summed E-state index contributed by atoms with van der Waals surface area (Å²) in [5.74, 6) is 0.950. The molecule has 296 valence electrons. The molecule has 1 aromatic heterocycles. The monoisotopic (exact) mass is 767 g/mol.